The Morgan fingerprint density at radius 1 is 0.743 bits per heavy atom. The summed E-state index contributed by atoms with van der Waals surface area (Å²) in [6.07, 6.45) is -0.439. The molecular formula is C28H30N2O5. The number of aliphatic carboxylic acids is 1. The summed E-state index contributed by atoms with van der Waals surface area (Å²) < 4.78 is 5.28. The first-order chi connectivity index (χ1) is 16.8. The zero-order valence-corrected chi connectivity index (χ0v) is 19.9. The van der Waals surface area contributed by atoms with E-state index in [2.05, 4.69) is 10.6 Å². The van der Waals surface area contributed by atoms with Crippen LogP contribution in [0.2, 0.25) is 0 Å². The second-order valence-corrected chi connectivity index (χ2v) is 8.42. The minimum absolute atomic E-state index is 0.0522. The van der Waals surface area contributed by atoms with Gasteiger partial charge in [0.1, 0.15) is 18.7 Å². The van der Waals surface area contributed by atoms with Crippen LogP contribution in [0.5, 0.6) is 0 Å². The lowest BCUT2D eigenvalue weighted by atomic mass is 9.96. The van der Waals surface area contributed by atoms with Crippen molar-refractivity contribution in [3.8, 4) is 0 Å². The monoisotopic (exact) mass is 474 g/mol. The van der Waals surface area contributed by atoms with Crippen molar-refractivity contribution in [2.75, 3.05) is 0 Å². The quantitative estimate of drug-likeness (QED) is 0.413. The number of carbonyl (C=O) groups excluding carboxylic acids is 2. The van der Waals surface area contributed by atoms with Crippen molar-refractivity contribution in [1.82, 2.24) is 10.6 Å². The standard InChI is InChI=1S/C28H30N2O5/c1-19-10-9-11-20(2)23(19)17-25(27(32)33)29-26(31)24(16-21-12-5-3-6-13-21)30-28(34)35-18-22-14-7-4-8-15-22/h3-15,24-25H,16-18H2,1-2H3,(H,29,31)(H,30,34)(H,32,33)/t24-,25-/m0/s1. The number of carboxylic acid groups (broad SMARTS) is 1. The summed E-state index contributed by atoms with van der Waals surface area (Å²) in [6, 6.07) is 21.9. The first kappa shape index (κ1) is 25.5. The van der Waals surface area contributed by atoms with Crippen LogP contribution in [0.15, 0.2) is 78.9 Å². The number of aryl methyl sites for hydroxylation is 2. The molecule has 0 aliphatic heterocycles. The SMILES string of the molecule is Cc1cccc(C)c1C[C@H](NC(=O)[C@H](Cc1ccccc1)NC(=O)OCc1ccccc1)C(=O)O. The van der Waals surface area contributed by atoms with Crippen molar-refractivity contribution in [1.29, 1.82) is 0 Å². The Morgan fingerprint density at radius 3 is 1.89 bits per heavy atom. The molecule has 0 fully saturated rings. The van der Waals surface area contributed by atoms with Gasteiger partial charge in [0.2, 0.25) is 5.91 Å². The van der Waals surface area contributed by atoms with Crippen LogP contribution in [0, 0.1) is 13.8 Å². The molecule has 0 unspecified atom stereocenters. The number of hydrogen-bond donors (Lipinski definition) is 3. The number of carboxylic acids is 1. The predicted octanol–water partition coefficient (Wildman–Crippen LogP) is 3.95. The number of benzene rings is 3. The van der Waals surface area contributed by atoms with E-state index in [4.69, 9.17) is 4.74 Å². The van der Waals surface area contributed by atoms with Crippen LogP contribution in [0.1, 0.15) is 27.8 Å². The van der Waals surface area contributed by atoms with Crippen LogP contribution in [0.3, 0.4) is 0 Å². The van der Waals surface area contributed by atoms with Gasteiger partial charge < -0.3 is 20.5 Å². The summed E-state index contributed by atoms with van der Waals surface area (Å²) in [5.41, 5.74) is 4.40. The Morgan fingerprint density at radius 2 is 1.31 bits per heavy atom. The van der Waals surface area contributed by atoms with Gasteiger partial charge in [0, 0.05) is 12.8 Å². The van der Waals surface area contributed by atoms with E-state index in [0.717, 1.165) is 27.8 Å². The lowest BCUT2D eigenvalue weighted by Gasteiger charge is -2.22. The van der Waals surface area contributed by atoms with Crippen molar-refractivity contribution >= 4 is 18.0 Å². The molecule has 0 saturated heterocycles. The van der Waals surface area contributed by atoms with Crippen LogP contribution in [0.4, 0.5) is 4.79 Å². The summed E-state index contributed by atoms with van der Waals surface area (Å²) in [7, 11) is 0. The second-order valence-electron chi connectivity index (χ2n) is 8.42. The van der Waals surface area contributed by atoms with Gasteiger partial charge in [-0.05, 0) is 41.7 Å². The topological polar surface area (TPSA) is 105 Å². The molecule has 35 heavy (non-hydrogen) atoms. The van der Waals surface area contributed by atoms with E-state index >= 15 is 0 Å². The summed E-state index contributed by atoms with van der Waals surface area (Å²) >= 11 is 0. The van der Waals surface area contributed by atoms with Crippen molar-refractivity contribution in [2.24, 2.45) is 0 Å². The van der Waals surface area contributed by atoms with E-state index in [0.29, 0.717) is 0 Å². The van der Waals surface area contributed by atoms with Gasteiger partial charge >= 0.3 is 12.1 Å². The molecule has 7 heteroatoms. The molecule has 0 radical (unpaired) electrons. The fraction of sp³-hybridized carbons (Fsp3) is 0.250. The molecule has 182 valence electrons. The Bertz CT molecular complexity index is 1130. The Kier molecular flexibility index (Phi) is 9.01. The number of hydrogen-bond acceptors (Lipinski definition) is 4. The summed E-state index contributed by atoms with van der Waals surface area (Å²) in [5, 5.41) is 15.0. The molecule has 3 aromatic carbocycles. The van der Waals surface area contributed by atoms with Crippen LogP contribution < -0.4 is 10.6 Å². The van der Waals surface area contributed by atoms with Gasteiger partial charge in [0.25, 0.3) is 0 Å². The van der Waals surface area contributed by atoms with Gasteiger partial charge in [0.15, 0.2) is 0 Å². The van der Waals surface area contributed by atoms with Gasteiger partial charge in [-0.1, -0.05) is 78.9 Å². The number of ether oxygens (including phenoxy) is 1. The van der Waals surface area contributed by atoms with Crippen molar-refractivity contribution in [3.63, 3.8) is 0 Å². The molecule has 0 spiro atoms. The summed E-state index contributed by atoms with van der Waals surface area (Å²) in [6.45, 7) is 3.87. The van der Waals surface area contributed by atoms with E-state index in [1.165, 1.54) is 0 Å². The van der Waals surface area contributed by atoms with E-state index in [1.807, 2.05) is 92.7 Å². The predicted molar refractivity (Wildman–Crippen MR) is 133 cm³/mol. The molecular weight excluding hydrogens is 444 g/mol. The Balaban J connectivity index is 1.72. The van der Waals surface area contributed by atoms with Crippen LogP contribution in [0.25, 0.3) is 0 Å². The van der Waals surface area contributed by atoms with Crippen LogP contribution in [-0.2, 0) is 33.8 Å². The third kappa shape index (κ3) is 7.71. The van der Waals surface area contributed by atoms with E-state index < -0.39 is 30.1 Å². The highest BCUT2D eigenvalue weighted by atomic mass is 16.5. The smallest absolute Gasteiger partial charge is 0.408 e. The van der Waals surface area contributed by atoms with Crippen molar-refractivity contribution in [3.05, 3.63) is 107 Å². The third-order valence-corrected chi connectivity index (χ3v) is 5.77. The number of rotatable bonds is 10. The van der Waals surface area contributed by atoms with Gasteiger partial charge in [0.05, 0.1) is 0 Å². The minimum atomic E-state index is -1.15. The van der Waals surface area contributed by atoms with Crippen LogP contribution >= 0.6 is 0 Å². The number of amides is 2. The van der Waals surface area contributed by atoms with Gasteiger partial charge in [-0.25, -0.2) is 9.59 Å². The maximum atomic E-state index is 13.2. The zero-order valence-electron chi connectivity index (χ0n) is 19.9. The largest absolute Gasteiger partial charge is 0.480 e. The lowest BCUT2D eigenvalue weighted by molar-refractivity contribution is -0.142. The maximum Gasteiger partial charge on any atom is 0.408 e. The molecule has 3 N–H and O–H groups in total. The Hall–Kier alpha value is -4.13. The summed E-state index contributed by atoms with van der Waals surface area (Å²) in [4.78, 5) is 37.7. The number of nitrogens with one attached hydrogen (secondary N) is 2. The molecule has 0 bridgehead atoms. The van der Waals surface area contributed by atoms with Gasteiger partial charge in [-0.15, -0.1) is 0 Å². The maximum absolute atomic E-state index is 13.2. The molecule has 3 aromatic rings. The fourth-order valence-electron chi connectivity index (χ4n) is 3.81. The Labute approximate surface area is 205 Å². The van der Waals surface area contributed by atoms with E-state index in [9.17, 15) is 19.5 Å². The highest BCUT2D eigenvalue weighted by Gasteiger charge is 2.28. The van der Waals surface area contributed by atoms with Crippen molar-refractivity contribution < 1.29 is 24.2 Å². The average Bonchev–Trinajstić information content (AvgIpc) is 2.85. The molecule has 0 heterocycles. The highest BCUT2D eigenvalue weighted by molar-refractivity contribution is 5.89. The molecule has 2 amide bonds. The highest BCUT2D eigenvalue weighted by Crippen LogP contribution is 2.16. The molecule has 0 aliphatic carbocycles. The zero-order chi connectivity index (χ0) is 25.2. The molecule has 2 atom stereocenters. The molecule has 3 rings (SSSR count). The molecule has 0 aliphatic rings. The molecule has 0 saturated carbocycles. The number of carbonyl (C=O) groups is 3. The fourth-order valence-corrected chi connectivity index (χ4v) is 3.81. The molecule has 0 aromatic heterocycles. The van der Waals surface area contributed by atoms with E-state index in [1.54, 1.807) is 0 Å². The van der Waals surface area contributed by atoms with Gasteiger partial charge in [-0.3, -0.25) is 4.79 Å². The number of alkyl carbamates (subject to hydrolysis) is 1. The lowest BCUT2D eigenvalue weighted by Crippen LogP contribution is -2.53. The van der Waals surface area contributed by atoms with Crippen LogP contribution in [-0.4, -0.2) is 35.2 Å². The van der Waals surface area contributed by atoms with Gasteiger partial charge in [-0.2, -0.15) is 0 Å². The third-order valence-electron chi connectivity index (χ3n) is 5.77. The first-order valence-corrected chi connectivity index (χ1v) is 11.4. The first-order valence-electron chi connectivity index (χ1n) is 11.4. The minimum Gasteiger partial charge on any atom is -0.480 e. The normalized spacial score (nSPS) is 12.3. The van der Waals surface area contributed by atoms with E-state index in [-0.39, 0.29) is 19.4 Å². The second kappa shape index (κ2) is 12.4. The van der Waals surface area contributed by atoms with Crippen molar-refractivity contribution in [2.45, 2.75) is 45.4 Å². The average molecular weight is 475 g/mol. The molecule has 7 nitrogen and oxygen atoms in total. The summed E-state index contributed by atoms with van der Waals surface area (Å²) in [5.74, 6) is -1.74.